The van der Waals surface area contributed by atoms with Crippen molar-refractivity contribution < 1.29 is 4.42 Å². The lowest BCUT2D eigenvalue weighted by Crippen LogP contribution is -2.03. The van der Waals surface area contributed by atoms with Crippen LogP contribution in [0, 0.1) is 18.6 Å². The van der Waals surface area contributed by atoms with Gasteiger partial charge in [0.05, 0.1) is 19.0 Å². The summed E-state index contributed by atoms with van der Waals surface area (Å²) in [7, 11) is 0. The first-order chi connectivity index (χ1) is 10.1. The number of aromatic amines is 1. The van der Waals surface area contributed by atoms with E-state index in [-0.39, 0.29) is 0 Å². The third-order valence-electron chi connectivity index (χ3n) is 3.36. The molecule has 0 saturated heterocycles. The van der Waals surface area contributed by atoms with Gasteiger partial charge in [-0.3, -0.25) is 5.10 Å². The minimum absolute atomic E-state index is 0.468. The number of hydrogen-bond donors (Lipinski definition) is 1. The van der Waals surface area contributed by atoms with Gasteiger partial charge in [0, 0.05) is 17.0 Å². The number of furan rings is 1. The second-order valence-corrected chi connectivity index (χ2v) is 5.13. The summed E-state index contributed by atoms with van der Waals surface area (Å²) in [4.78, 5) is 0. The van der Waals surface area contributed by atoms with E-state index in [0.29, 0.717) is 11.3 Å². The summed E-state index contributed by atoms with van der Waals surface area (Å²) >= 11 is 5.05. The van der Waals surface area contributed by atoms with Gasteiger partial charge in [0.15, 0.2) is 0 Å². The van der Waals surface area contributed by atoms with Crippen LogP contribution in [0.25, 0.3) is 0 Å². The van der Waals surface area contributed by atoms with Crippen LogP contribution in [0.2, 0.25) is 0 Å². The quantitative estimate of drug-likeness (QED) is 0.595. The molecule has 0 aliphatic rings. The van der Waals surface area contributed by atoms with E-state index in [4.69, 9.17) is 16.6 Å². The molecular weight excluding hydrogens is 286 g/mol. The molecule has 0 fully saturated rings. The smallest absolute Gasteiger partial charge is 0.216 e. The summed E-state index contributed by atoms with van der Waals surface area (Å²) in [5.74, 6) is 0.928. The van der Waals surface area contributed by atoms with Gasteiger partial charge in [-0.2, -0.15) is 14.9 Å². The Kier molecular flexibility index (Phi) is 3.57. The molecule has 0 aliphatic carbocycles. The zero-order chi connectivity index (χ0) is 14.8. The second kappa shape index (κ2) is 5.53. The molecule has 3 aromatic heterocycles. The van der Waals surface area contributed by atoms with Gasteiger partial charge in [-0.15, -0.1) is 0 Å². The first-order valence-electron chi connectivity index (χ1n) is 6.50. The number of hydrogen-bond acceptors (Lipinski definition) is 4. The van der Waals surface area contributed by atoms with Crippen molar-refractivity contribution in [1.29, 1.82) is 0 Å². The molecule has 21 heavy (non-hydrogen) atoms. The van der Waals surface area contributed by atoms with Crippen LogP contribution in [0.3, 0.4) is 0 Å². The van der Waals surface area contributed by atoms with Crippen LogP contribution in [-0.2, 0) is 6.54 Å². The third kappa shape index (κ3) is 2.73. The van der Waals surface area contributed by atoms with Crippen LogP contribution >= 0.6 is 12.2 Å². The lowest BCUT2D eigenvalue weighted by Gasteiger charge is -2.06. The molecule has 1 N–H and O–H groups in total. The lowest BCUT2D eigenvalue weighted by atomic mass is 10.3. The van der Waals surface area contributed by atoms with E-state index in [1.165, 1.54) is 4.68 Å². The summed E-state index contributed by atoms with van der Waals surface area (Å²) in [5, 5.41) is 10.8. The molecular formula is C14H15N5OS. The fourth-order valence-corrected chi connectivity index (χ4v) is 2.36. The number of aromatic nitrogens is 4. The van der Waals surface area contributed by atoms with Crippen molar-refractivity contribution in [3.63, 3.8) is 0 Å². The molecule has 3 rings (SSSR count). The lowest BCUT2D eigenvalue weighted by molar-refractivity contribution is 0.489. The first-order valence-corrected chi connectivity index (χ1v) is 6.91. The van der Waals surface area contributed by atoms with Crippen LogP contribution in [0.1, 0.15) is 22.7 Å². The van der Waals surface area contributed by atoms with Crippen molar-refractivity contribution in [3.05, 3.63) is 58.3 Å². The van der Waals surface area contributed by atoms with Gasteiger partial charge >= 0.3 is 0 Å². The van der Waals surface area contributed by atoms with Crippen LogP contribution in [-0.4, -0.2) is 25.7 Å². The molecule has 0 aliphatic heterocycles. The van der Waals surface area contributed by atoms with E-state index in [1.54, 1.807) is 18.8 Å². The molecule has 6 nitrogen and oxygen atoms in total. The minimum Gasteiger partial charge on any atom is -0.467 e. The highest BCUT2D eigenvalue weighted by Crippen LogP contribution is 2.16. The average molecular weight is 301 g/mol. The zero-order valence-electron chi connectivity index (χ0n) is 11.8. The zero-order valence-corrected chi connectivity index (χ0v) is 12.6. The number of nitrogens with one attached hydrogen (secondary N) is 1. The predicted molar refractivity (Wildman–Crippen MR) is 82.1 cm³/mol. The largest absolute Gasteiger partial charge is 0.467 e. The molecule has 3 aromatic rings. The standard InChI is InChI=1S/C14H15N5OS/c1-10-6-12(7-16-19-9-15-17-14(19)21)11(2)18(10)8-13-4-3-5-20-13/h3-7,9H,8H2,1-2H3,(H,17,21)/b16-7-. The second-order valence-electron chi connectivity index (χ2n) is 4.74. The molecule has 0 bridgehead atoms. The van der Waals surface area contributed by atoms with E-state index in [1.807, 2.05) is 12.1 Å². The maximum Gasteiger partial charge on any atom is 0.216 e. The highest BCUT2D eigenvalue weighted by atomic mass is 32.1. The number of nitrogens with zero attached hydrogens (tertiary/aromatic N) is 4. The van der Waals surface area contributed by atoms with E-state index in [2.05, 4.69) is 39.8 Å². The Morgan fingerprint density at radius 3 is 3.00 bits per heavy atom. The van der Waals surface area contributed by atoms with Crippen molar-refractivity contribution in [1.82, 2.24) is 19.4 Å². The fraction of sp³-hybridized carbons (Fsp3) is 0.214. The normalized spacial score (nSPS) is 11.5. The molecule has 108 valence electrons. The van der Waals surface area contributed by atoms with Crippen molar-refractivity contribution in [3.8, 4) is 0 Å². The Balaban J connectivity index is 1.89. The monoisotopic (exact) mass is 301 g/mol. The molecule has 0 radical (unpaired) electrons. The van der Waals surface area contributed by atoms with Gasteiger partial charge in [0.1, 0.15) is 12.1 Å². The van der Waals surface area contributed by atoms with Gasteiger partial charge in [0.2, 0.25) is 4.77 Å². The number of H-pyrrole nitrogens is 1. The Morgan fingerprint density at radius 2 is 2.33 bits per heavy atom. The predicted octanol–water partition coefficient (Wildman–Crippen LogP) is 2.88. The van der Waals surface area contributed by atoms with Gasteiger partial charge in [0.25, 0.3) is 0 Å². The summed E-state index contributed by atoms with van der Waals surface area (Å²) in [6.45, 7) is 4.84. The molecule has 7 heteroatoms. The summed E-state index contributed by atoms with van der Waals surface area (Å²) in [6, 6.07) is 5.95. The van der Waals surface area contributed by atoms with Crippen LogP contribution in [0.5, 0.6) is 0 Å². The highest BCUT2D eigenvalue weighted by molar-refractivity contribution is 7.71. The van der Waals surface area contributed by atoms with Gasteiger partial charge < -0.3 is 8.98 Å². The Hall–Kier alpha value is -2.41. The van der Waals surface area contributed by atoms with Gasteiger partial charge in [-0.05, 0) is 44.3 Å². The van der Waals surface area contributed by atoms with Crippen molar-refractivity contribution in [2.45, 2.75) is 20.4 Å². The van der Waals surface area contributed by atoms with Crippen LogP contribution < -0.4 is 0 Å². The Morgan fingerprint density at radius 1 is 1.48 bits per heavy atom. The maximum absolute atomic E-state index is 5.41. The molecule has 0 spiro atoms. The first kappa shape index (κ1) is 13.6. The van der Waals surface area contributed by atoms with Crippen molar-refractivity contribution in [2.24, 2.45) is 5.10 Å². The van der Waals surface area contributed by atoms with Crippen LogP contribution in [0.15, 0.2) is 40.3 Å². The molecule has 0 amide bonds. The highest BCUT2D eigenvalue weighted by Gasteiger charge is 2.09. The summed E-state index contributed by atoms with van der Waals surface area (Å²) in [6.07, 6.45) is 5.01. The molecule has 0 aromatic carbocycles. The summed E-state index contributed by atoms with van der Waals surface area (Å²) in [5.41, 5.74) is 3.32. The fourth-order valence-electron chi connectivity index (χ4n) is 2.21. The summed E-state index contributed by atoms with van der Waals surface area (Å²) < 4.78 is 9.59. The molecule has 0 atom stereocenters. The van der Waals surface area contributed by atoms with E-state index >= 15 is 0 Å². The number of rotatable bonds is 4. The van der Waals surface area contributed by atoms with Crippen molar-refractivity contribution >= 4 is 18.4 Å². The molecule has 0 unspecified atom stereocenters. The van der Waals surface area contributed by atoms with Gasteiger partial charge in [-0.25, -0.2) is 0 Å². The molecule has 3 heterocycles. The van der Waals surface area contributed by atoms with Crippen molar-refractivity contribution in [2.75, 3.05) is 0 Å². The van der Waals surface area contributed by atoms with E-state index < -0.39 is 0 Å². The third-order valence-corrected chi connectivity index (χ3v) is 3.64. The average Bonchev–Trinajstić information content (AvgIpc) is 3.16. The number of aryl methyl sites for hydroxylation is 1. The Bertz CT molecular complexity index is 822. The topological polar surface area (TPSA) is 64.0 Å². The molecule has 0 saturated carbocycles. The van der Waals surface area contributed by atoms with Crippen LogP contribution in [0.4, 0.5) is 0 Å². The van der Waals surface area contributed by atoms with Gasteiger partial charge in [-0.1, -0.05) is 0 Å². The van der Waals surface area contributed by atoms with E-state index in [9.17, 15) is 0 Å². The Labute approximate surface area is 126 Å². The minimum atomic E-state index is 0.468. The maximum atomic E-state index is 5.41. The van der Waals surface area contributed by atoms with E-state index in [0.717, 1.165) is 22.7 Å². The SMILES string of the molecule is Cc1cc(/C=N\n2cn[nH]c2=S)c(C)n1Cc1ccco1.